The lowest BCUT2D eigenvalue weighted by Crippen LogP contribution is -2.31. The number of amides is 1. The molecule has 1 atom stereocenters. The molecule has 1 aromatic carbocycles. The molecule has 2 heterocycles. The zero-order chi connectivity index (χ0) is 22.9. The van der Waals surface area contributed by atoms with Gasteiger partial charge in [-0.3, -0.25) is 9.59 Å². The van der Waals surface area contributed by atoms with Crippen LogP contribution in [-0.4, -0.2) is 39.4 Å². The zero-order valence-electron chi connectivity index (χ0n) is 17.5. The average Bonchev–Trinajstić information content (AvgIpc) is 2.71. The summed E-state index contributed by atoms with van der Waals surface area (Å²) in [4.78, 5) is 37.4. The molecule has 164 valence electrons. The molecule has 7 nitrogen and oxygen atoms in total. The van der Waals surface area contributed by atoms with E-state index in [1.165, 1.54) is 23.1 Å². The summed E-state index contributed by atoms with van der Waals surface area (Å²) in [6.45, 7) is 5.38. The molecule has 3 aromatic rings. The average molecular weight is 433 g/mol. The molecule has 0 aliphatic rings. The minimum Gasteiger partial charge on any atom is -0.363 e. The predicted molar refractivity (Wildman–Crippen MR) is 111 cm³/mol. The lowest BCUT2D eigenvalue weighted by molar-refractivity contribution is 0.0801. The van der Waals surface area contributed by atoms with E-state index in [-0.39, 0.29) is 22.6 Å². The van der Waals surface area contributed by atoms with Crippen molar-refractivity contribution < 1.29 is 18.0 Å². The van der Waals surface area contributed by atoms with Crippen LogP contribution in [0, 0.1) is 12.7 Å². The number of alkyl halides is 2. The summed E-state index contributed by atoms with van der Waals surface area (Å²) in [6, 6.07) is 4.44. The van der Waals surface area contributed by atoms with E-state index in [1.54, 1.807) is 27.8 Å². The van der Waals surface area contributed by atoms with Gasteiger partial charge in [0.25, 0.3) is 17.9 Å². The molecule has 31 heavy (non-hydrogen) atoms. The van der Waals surface area contributed by atoms with E-state index in [9.17, 15) is 22.8 Å². The number of carbonyl (C=O) groups is 1. The fourth-order valence-electron chi connectivity index (χ4n) is 3.17. The number of nitrogens with one attached hydrogen (secondary N) is 2. The van der Waals surface area contributed by atoms with E-state index in [4.69, 9.17) is 0 Å². The Bertz CT molecular complexity index is 1200. The van der Waals surface area contributed by atoms with Gasteiger partial charge in [-0.2, -0.15) is 0 Å². The second-order valence-electron chi connectivity index (χ2n) is 7.13. The van der Waals surface area contributed by atoms with Crippen molar-refractivity contribution in [3.63, 3.8) is 0 Å². The highest BCUT2D eigenvalue weighted by Crippen LogP contribution is 2.30. The quantitative estimate of drug-likeness (QED) is 0.614. The lowest BCUT2D eigenvalue weighted by Gasteiger charge is -2.19. The molecule has 2 aromatic heterocycles. The molecular formula is C21H22F3N5O2. The van der Waals surface area contributed by atoms with Crippen molar-refractivity contribution >= 4 is 22.8 Å². The Hall–Kier alpha value is -3.43. The number of anilines is 1. The number of H-pyrrole nitrogens is 1. The van der Waals surface area contributed by atoms with Crippen molar-refractivity contribution in [1.82, 2.24) is 19.9 Å². The van der Waals surface area contributed by atoms with Gasteiger partial charge in [-0.15, -0.1) is 0 Å². The first-order chi connectivity index (χ1) is 14.6. The van der Waals surface area contributed by atoms with Crippen LogP contribution in [0.4, 0.5) is 19.0 Å². The maximum absolute atomic E-state index is 14.6. The molecule has 0 radical (unpaired) electrons. The number of aromatic amines is 1. The first-order valence-electron chi connectivity index (χ1n) is 9.64. The standard InChI is InChI=1S/C21H22F3N5O2/c1-5-29(4)21(31)15-9-14-18(26-11(3)27-19(14)28-20(15)30)25-10(2)12-7-6-8-13(16(12)22)17(23)24/h6-10,17H,5H2,1-4H3,(H2,25,26,27,28,30)/t10-/m1/s1. The summed E-state index contributed by atoms with van der Waals surface area (Å²) in [5.41, 5.74) is -1.13. The number of hydrogen-bond acceptors (Lipinski definition) is 5. The molecule has 0 saturated carbocycles. The summed E-state index contributed by atoms with van der Waals surface area (Å²) in [5.74, 6) is -0.909. The topological polar surface area (TPSA) is 91.0 Å². The number of aromatic nitrogens is 3. The van der Waals surface area contributed by atoms with Gasteiger partial charge in [0.1, 0.15) is 28.7 Å². The highest BCUT2D eigenvalue weighted by atomic mass is 19.3. The van der Waals surface area contributed by atoms with Gasteiger partial charge in [-0.25, -0.2) is 23.1 Å². The minimum atomic E-state index is -2.94. The van der Waals surface area contributed by atoms with Crippen LogP contribution in [0.3, 0.4) is 0 Å². The zero-order valence-corrected chi connectivity index (χ0v) is 17.5. The Morgan fingerprint density at radius 2 is 1.94 bits per heavy atom. The third kappa shape index (κ3) is 4.37. The van der Waals surface area contributed by atoms with Crippen LogP contribution in [-0.2, 0) is 0 Å². The SMILES string of the molecule is CCN(C)C(=O)c1cc2c(N[C@H](C)c3cccc(C(F)F)c3F)nc(C)nc2[nH]c1=O. The summed E-state index contributed by atoms with van der Waals surface area (Å²) in [7, 11) is 1.57. The van der Waals surface area contributed by atoms with E-state index in [2.05, 4.69) is 20.3 Å². The molecule has 2 N–H and O–H groups in total. The first kappa shape index (κ1) is 22.3. The third-order valence-electron chi connectivity index (χ3n) is 4.99. The van der Waals surface area contributed by atoms with Gasteiger partial charge < -0.3 is 15.2 Å². The van der Waals surface area contributed by atoms with Crippen LogP contribution in [0.25, 0.3) is 11.0 Å². The van der Waals surface area contributed by atoms with Crippen LogP contribution in [0.5, 0.6) is 0 Å². The highest BCUT2D eigenvalue weighted by molar-refractivity contribution is 5.98. The van der Waals surface area contributed by atoms with Gasteiger partial charge in [0.05, 0.1) is 17.0 Å². The van der Waals surface area contributed by atoms with Crippen LogP contribution in [0.2, 0.25) is 0 Å². The van der Waals surface area contributed by atoms with E-state index >= 15 is 0 Å². The van der Waals surface area contributed by atoms with Crippen molar-refractivity contribution in [2.45, 2.75) is 33.2 Å². The van der Waals surface area contributed by atoms with E-state index < -0.39 is 35.3 Å². The summed E-state index contributed by atoms with van der Waals surface area (Å²) in [6.07, 6.45) is -2.94. The normalized spacial score (nSPS) is 12.3. The maximum atomic E-state index is 14.6. The Morgan fingerprint density at radius 1 is 1.26 bits per heavy atom. The van der Waals surface area contributed by atoms with Crippen molar-refractivity contribution in [2.75, 3.05) is 18.9 Å². The number of nitrogens with zero attached hydrogens (tertiary/aromatic N) is 3. The summed E-state index contributed by atoms with van der Waals surface area (Å²) in [5, 5.41) is 3.34. The molecule has 3 rings (SSSR count). The van der Waals surface area contributed by atoms with Crippen LogP contribution >= 0.6 is 0 Å². The number of fused-ring (bicyclic) bond motifs is 1. The Morgan fingerprint density at radius 3 is 2.58 bits per heavy atom. The van der Waals surface area contributed by atoms with Crippen molar-refractivity contribution in [1.29, 1.82) is 0 Å². The lowest BCUT2D eigenvalue weighted by atomic mass is 10.0. The Balaban J connectivity index is 2.09. The van der Waals surface area contributed by atoms with Crippen LogP contribution in [0.1, 0.15) is 53.6 Å². The van der Waals surface area contributed by atoms with Crippen molar-refractivity contribution in [2.24, 2.45) is 0 Å². The van der Waals surface area contributed by atoms with Gasteiger partial charge in [0, 0.05) is 19.2 Å². The fraction of sp³-hybridized carbons (Fsp3) is 0.333. The monoisotopic (exact) mass is 433 g/mol. The molecule has 0 fully saturated rings. The second kappa shape index (κ2) is 8.75. The predicted octanol–water partition coefficient (Wildman–Crippen LogP) is 3.97. The van der Waals surface area contributed by atoms with Crippen LogP contribution < -0.4 is 10.9 Å². The molecule has 10 heteroatoms. The molecule has 0 bridgehead atoms. The number of benzene rings is 1. The molecule has 0 saturated heterocycles. The van der Waals surface area contributed by atoms with Gasteiger partial charge in [0.2, 0.25) is 0 Å². The number of hydrogen-bond donors (Lipinski definition) is 2. The van der Waals surface area contributed by atoms with E-state index in [1.807, 2.05) is 0 Å². The fourth-order valence-corrected chi connectivity index (χ4v) is 3.17. The maximum Gasteiger partial charge on any atom is 0.266 e. The summed E-state index contributed by atoms with van der Waals surface area (Å²) >= 11 is 0. The smallest absolute Gasteiger partial charge is 0.266 e. The second-order valence-corrected chi connectivity index (χ2v) is 7.13. The minimum absolute atomic E-state index is 0.0358. The first-order valence-corrected chi connectivity index (χ1v) is 9.64. The largest absolute Gasteiger partial charge is 0.363 e. The van der Waals surface area contributed by atoms with Crippen molar-refractivity contribution in [3.05, 3.63) is 63.0 Å². The van der Waals surface area contributed by atoms with Gasteiger partial charge in [0.15, 0.2) is 0 Å². The molecule has 0 aliphatic heterocycles. The number of aryl methyl sites for hydroxylation is 1. The highest BCUT2D eigenvalue weighted by Gasteiger charge is 2.22. The van der Waals surface area contributed by atoms with Crippen molar-refractivity contribution in [3.8, 4) is 0 Å². The Kier molecular flexibility index (Phi) is 6.28. The number of carbonyl (C=O) groups excluding carboxylic acids is 1. The Labute approximate surface area is 176 Å². The number of halogens is 3. The van der Waals surface area contributed by atoms with E-state index in [0.29, 0.717) is 17.8 Å². The molecule has 0 spiro atoms. The molecule has 0 unspecified atom stereocenters. The van der Waals surface area contributed by atoms with Crippen LogP contribution in [0.15, 0.2) is 29.1 Å². The van der Waals surface area contributed by atoms with Gasteiger partial charge in [-0.05, 0) is 26.8 Å². The number of rotatable bonds is 6. The third-order valence-corrected chi connectivity index (χ3v) is 4.99. The van der Waals surface area contributed by atoms with E-state index in [0.717, 1.165) is 6.07 Å². The molecular weight excluding hydrogens is 411 g/mol. The van der Waals surface area contributed by atoms with Gasteiger partial charge in [-0.1, -0.05) is 18.2 Å². The molecule has 1 amide bonds. The van der Waals surface area contributed by atoms with Gasteiger partial charge >= 0.3 is 0 Å². The number of pyridine rings is 1. The summed E-state index contributed by atoms with van der Waals surface area (Å²) < 4.78 is 40.7. The molecule has 0 aliphatic carbocycles.